The van der Waals surface area contributed by atoms with Crippen LogP contribution in [0, 0.1) is 5.82 Å². The molecule has 1 amide bonds. The summed E-state index contributed by atoms with van der Waals surface area (Å²) in [5, 5.41) is 8.90. The Labute approximate surface area is 109 Å². The summed E-state index contributed by atoms with van der Waals surface area (Å²) in [5.74, 6) is -2.09. The number of aromatic nitrogens is 1. The molecule has 5 nitrogen and oxygen atoms in total. The van der Waals surface area contributed by atoms with Gasteiger partial charge in [-0.2, -0.15) is 0 Å². The van der Waals surface area contributed by atoms with Crippen LogP contribution in [0.5, 0.6) is 0 Å². The monoisotopic (exact) mass is 314 g/mol. The van der Waals surface area contributed by atoms with Crippen LogP contribution in [-0.4, -0.2) is 22.0 Å². The van der Waals surface area contributed by atoms with Gasteiger partial charge in [0.05, 0.1) is 12.1 Å². The molecular formula is C11H8BrFN2O3. The van der Waals surface area contributed by atoms with Gasteiger partial charge in [-0.3, -0.25) is 13.9 Å². The molecule has 0 atom stereocenters. The van der Waals surface area contributed by atoms with Crippen LogP contribution in [0.25, 0.3) is 10.9 Å². The Balaban J connectivity index is 2.51. The van der Waals surface area contributed by atoms with E-state index in [2.05, 4.69) is 25.5 Å². The number of halogens is 2. The van der Waals surface area contributed by atoms with Gasteiger partial charge in [-0.25, -0.2) is 4.39 Å². The highest BCUT2D eigenvalue weighted by molar-refractivity contribution is 9.08. The molecule has 1 heterocycles. The van der Waals surface area contributed by atoms with Gasteiger partial charge in [-0.15, -0.1) is 0 Å². The Morgan fingerprint density at radius 3 is 2.78 bits per heavy atom. The van der Waals surface area contributed by atoms with Crippen LogP contribution in [0.15, 0.2) is 18.2 Å². The summed E-state index contributed by atoms with van der Waals surface area (Å²) in [4.78, 5) is 24.6. The lowest BCUT2D eigenvalue weighted by atomic mass is 10.1. The van der Waals surface area contributed by atoms with Crippen LogP contribution in [0.1, 0.15) is 16.1 Å². The Kier molecular flexibility index (Phi) is 3.33. The molecule has 0 saturated heterocycles. The fourth-order valence-corrected chi connectivity index (χ4v) is 1.92. The fourth-order valence-electron chi connectivity index (χ4n) is 1.69. The molecule has 2 aromatic rings. The van der Waals surface area contributed by atoms with E-state index in [4.69, 9.17) is 5.11 Å². The third kappa shape index (κ3) is 2.21. The third-order valence-electron chi connectivity index (χ3n) is 2.48. The summed E-state index contributed by atoms with van der Waals surface area (Å²) < 4.78 is 16.1. The molecule has 0 fully saturated rings. The predicted octanol–water partition coefficient (Wildman–Crippen LogP) is 1.97. The van der Waals surface area contributed by atoms with E-state index in [1.165, 1.54) is 18.2 Å². The second kappa shape index (κ2) is 4.77. The molecule has 0 aliphatic rings. The molecule has 0 unspecified atom stereocenters. The maximum atomic E-state index is 13.8. The van der Waals surface area contributed by atoms with E-state index >= 15 is 0 Å². The number of nitrogens with one attached hydrogen (secondary N) is 2. The number of aromatic amines is 1. The first-order chi connectivity index (χ1) is 8.52. The topological polar surface area (TPSA) is 82.2 Å². The average Bonchev–Trinajstić information content (AvgIpc) is 2.64. The Bertz CT molecular complexity index is 638. The number of benzene rings is 1. The van der Waals surface area contributed by atoms with Crippen LogP contribution < -0.4 is 4.34 Å². The molecule has 1 aromatic heterocycles. The van der Waals surface area contributed by atoms with E-state index in [9.17, 15) is 14.0 Å². The van der Waals surface area contributed by atoms with Crippen molar-refractivity contribution in [3.8, 4) is 0 Å². The second-order valence-corrected chi connectivity index (χ2v) is 4.07. The van der Waals surface area contributed by atoms with Crippen LogP contribution in [-0.2, 0) is 11.2 Å². The lowest BCUT2D eigenvalue weighted by Gasteiger charge is -1.97. The molecule has 7 heteroatoms. The molecule has 0 saturated carbocycles. The van der Waals surface area contributed by atoms with Crippen molar-refractivity contribution in [2.75, 3.05) is 0 Å². The molecule has 3 N–H and O–H groups in total. The van der Waals surface area contributed by atoms with Gasteiger partial charge in [0.1, 0.15) is 0 Å². The number of amides is 1. The summed E-state index contributed by atoms with van der Waals surface area (Å²) in [6.07, 6.45) is -0.430. The maximum absolute atomic E-state index is 13.8. The van der Waals surface area contributed by atoms with Gasteiger partial charge in [-0.1, -0.05) is 0 Å². The lowest BCUT2D eigenvalue weighted by molar-refractivity contribution is -0.136. The predicted molar refractivity (Wildman–Crippen MR) is 66.0 cm³/mol. The van der Waals surface area contributed by atoms with Crippen LogP contribution in [0.3, 0.4) is 0 Å². The van der Waals surface area contributed by atoms with Gasteiger partial charge in [-0.05, 0) is 18.2 Å². The number of fused-ring (bicyclic) bond motifs is 1. The zero-order valence-electron chi connectivity index (χ0n) is 8.96. The number of hydrogen-bond donors (Lipinski definition) is 3. The van der Waals surface area contributed by atoms with Crippen molar-refractivity contribution >= 4 is 38.9 Å². The van der Waals surface area contributed by atoms with Crippen molar-refractivity contribution in [1.82, 2.24) is 9.33 Å². The highest BCUT2D eigenvalue weighted by Crippen LogP contribution is 2.22. The quantitative estimate of drug-likeness (QED) is 0.758. The standard InChI is InChI=1S/C11H8BrFN2O3/c12-15-11(18)5-1-2-6-7(3-5)14-8(10(6)13)4-9(16)17/h1-3,14H,4H2,(H,15,18)(H,16,17). The first-order valence-electron chi connectivity index (χ1n) is 4.95. The van der Waals surface area contributed by atoms with Crippen LogP contribution in [0.2, 0.25) is 0 Å². The van der Waals surface area contributed by atoms with Gasteiger partial charge in [0.15, 0.2) is 5.82 Å². The van der Waals surface area contributed by atoms with E-state index in [0.717, 1.165) is 0 Å². The van der Waals surface area contributed by atoms with Crippen molar-refractivity contribution < 1.29 is 19.1 Å². The Morgan fingerprint density at radius 1 is 1.44 bits per heavy atom. The van der Waals surface area contributed by atoms with E-state index in [-0.39, 0.29) is 17.0 Å². The minimum Gasteiger partial charge on any atom is -0.481 e. The summed E-state index contributed by atoms with van der Waals surface area (Å²) in [6, 6.07) is 4.35. The van der Waals surface area contributed by atoms with Crippen LogP contribution in [0.4, 0.5) is 4.39 Å². The van der Waals surface area contributed by atoms with Crippen LogP contribution >= 0.6 is 16.1 Å². The lowest BCUT2D eigenvalue weighted by Crippen LogP contribution is -2.11. The van der Waals surface area contributed by atoms with Crippen molar-refractivity contribution in [3.05, 3.63) is 35.3 Å². The molecule has 0 spiro atoms. The first kappa shape index (κ1) is 12.6. The van der Waals surface area contributed by atoms with Crippen molar-refractivity contribution in [1.29, 1.82) is 0 Å². The molecule has 1 aromatic carbocycles. The summed E-state index contributed by atoms with van der Waals surface area (Å²) in [5.41, 5.74) is 0.716. The number of carbonyl (C=O) groups excluding carboxylic acids is 1. The summed E-state index contributed by atoms with van der Waals surface area (Å²) in [7, 11) is 0. The minimum atomic E-state index is -1.13. The minimum absolute atomic E-state index is 0.00565. The van der Waals surface area contributed by atoms with Crippen molar-refractivity contribution in [2.24, 2.45) is 0 Å². The molecule has 18 heavy (non-hydrogen) atoms. The molecular weight excluding hydrogens is 307 g/mol. The van der Waals surface area contributed by atoms with Gasteiger partial charge >= 0.3 is 5.97 Å². The second-order valence-electron chi connectivity index (χ2n) is 3.67. The highest BCUT2D eigenvalue weighted by atomic mass is 79.9. The molecule has 2 rings (SSSR count). The zero-order chi connectivity index (χ0) is 13.3. The van der Waals surface area contributed by atoms with Gasteiger partial charge in [0.2, 0.25) is 0 Å². The highest BCUT2D eigenvalue weighted by Gasteiger charge is 2.15. The number of carboxylic acids is 1. The molecule has 0 aliphatic heterocycles. The fraction of sp³-hybridized carbons (Fsp3) is 0.0909. The number of rotatable bonds is 3. The molecule has 0 aliphatic carbocycles. The Morgan fingerprint density at radius 2 is 2.17 bits per heavy atom. The number of H-pyrrole nitrogens is 1. The number of aliphatic carboxylic acids is 1. The maximum Gasteiger partial charge on any atom is 0.309 e. The summed E-state index contributed by atoms with van der Waals surface area (Å²) in [6.45, 7) is 0. The number of hydrogen-bond acceptors (Lipinski definition) is 2. The largest absolute Gasteiger partial charge is 0.481 e. The zero-order valence-corrected chi connectivity index (χ0v) is 10.5. The van der Waals surface area contributed by atoms with E-state index < -0.39 is 18.2 Å². The third-order valence-corrected chi connectivity index (χ3v) is 2.84. The van der Waals surface area contributed by atoms with Crippen molar-refractivity contribution in [2.45, 2.75) is 6.42 Å². The normalized spacial score (nSPS) is 10.6. The Hall–Kier alpha value is -1.89. The van der Waals surface area contributed by atoms with Gasteiger partial charge in [0.25, 0.3) is 5.91 Å². The van der Waals surface area contributed by atoms with E-state index in [1.54, 1.807) is 0 Å². The van der Waals surface area contributed by atoms with E-state index in [0.29, 0.717) is 11.1 Å². The van der Waals surface area contributed by atoms with Crippen molar-refractivity contribution in [3.63, 3.8) is 0 Å². The summed E-state index contributed by atoms with van der Waals surface area (Å²) >= 11 is 2.81. The number of carbonyl (C=O) groups is 2. The number of carboxylic acid groups (broad SMARTS) is 1. The average molecular weight is 315 g/mol. The molecule has 0 bridgehead atoms. The van der Waals surface area contributed by atoms with Gasteiger partial charge in [0, 0.05) is 32.6 Å². The van der Waals surface area contributed by atoms with E-state index in [1.807, 2.05) is 0 Å². The SMILES string of the molecule is O=C(O)Cc1[nH]c2cc(C(=O)NBr)ccc2c1F. The smallest absolute Gasteiger partial charge is 0.309 e. The first-order valence-corrected chi connectivity index (χ1v) is 5.75. The van der Waals surface area contributed by atoms with Gasteiger partial charge < -0.3 is 10.1 Å². The molecule has 0 radical (unpaired) electrons. The molecule has 94 valence electrons.